The summed E-state index contributed by atoms with van der Waals surface area (Å²) in [5.74, 6) is 0. The Morgan fingerprint density at radius 1 is 1.06 bits per heavy atom. The second-order valence-corrected chi connectivity index (χ2v) is 5.84. The highest BCUT2D eigenvalue weighted by atomic mass is 16.5. The number of rotatable bonds is 4. The van der Waals surface area contributed by atoms with Crippen molar-refractivity contribution in [1.82, 2.24) is 10.2 Å². The third-order valence-corrected chi connectivity index (χ3v) is 4.01. The van der Waals surface area contributed by atoms with Crippen LogP contribution in [0.3, 0.4) is 0 Å². The molecule has 0 amide bonds. The minimum absolute atomic E-state index is 0.478. The van der Waals surface area contributed by atoms with Gasteiger partial charge in [-0.05, 0) is 52.6 Å². The van der Waals surface area contributed by atoms with Gasteiger partial charge < -0.3 is 15.0 Å². The fourth-order valence-electron chi connectivity index (χ4n) is 3.17. The topological polar surface area (TPSA) is 24.5 Å². The Morgan fingerprint density at radius 3 is 2.35 bits per heavy atom. The summed E-state index contributed by atoms with van der Waals surface area (Å²) in [7, 11) is 0. The van der Waals surface area contributed by atoms with Gasteiger partial charge in [0.2, 0.25) is 0 Å². The smallest absolute Gasteiger partial charge is 0.0605 e. The molecular weight excluding hydrogens is 212 g/mol. The van der Waals surface area contributed by atoms with Crippen molar-refractivity contribution in [2.24, 2.45) is 0 Å². The Kier molecular flexibility index (Phi) is 5.26. The third kappa shape index (κ3) is 4.57. The number of nitrogens with zero attached hydrogens (tertiary/aromatic N) is 1. The van der Waals surface area contributed by atoms with E-state index in [-0.39, 0.29) is 0 Å². The molecule has 0 aromatic carbocycles. The van der Waals surface area contributed by atoms with E-state index in [4.69, 9.17) is 4.74 Å². The Bertz CT molecular complexity index is 206. The molecule has 3 heteroatoms. The van der Waals surface area contributed by atoms with Crippen LogP contribution >= 0.6 is 0 Å². The van der Waals surface area contributed by atoms with E-state index < -0.39 is 0 Å². The fourth-order valence-corrected chi connectivity index (χ4v) is 3.17. The van der Waals surface area contributed by atoms with Gasteiger partial charge in [-0.2, -0.15) is 0 Å². The lowest BCUT2D eigenvalue weighted by atomic mass is 9.98. The van der Waals surface area contributed by atoms with Gasteiger partial charge in [0.1, 0.15) is 0 Å². The van der Waals surface area contributed by atoms with Crippen molar-refractivity contribution in [2.75, 3.05) is 26.2 Å². The largest absolute Gasteiger partial charge is 0.377 e. The van der Waals surface area contributed by atoms with Crippen molar-refractivity contribution in [3.8, 4) is 0 Å². The SMILES string of the molecule is CC1CC(OCCN2CCCCC2)CC(C)N1. The summed E-state index contributed by atoms with van der Waals surface area (Å²) < 4.78 is 6.04. The summed E-state index contributed by atoms with van der Waals surface area (Å²) in [5, 5.41) is 3.56. The molecule has 3 nitrogen and oxygen atoms in total. The first kappa shape index (κ1) is 13.3. The molecule has 2 rings (SSSR count). The third-order valence-electron chi connectivity index (χ3n) is 4.01. The zero-order chi connectivity index (χ0) is 12.1. The average molecular weight is 240 g/mol. The van der Waals surface area contributed by atoms with Gasteiger partial charge in [-0.25, -0.2) is 0 Å². The summed E-state index contributed by atoms with van der Waals surface area (Å²) in [4.78, 5) is 2.55. The van der Waals surface area contributed by atoms with E-state index in [2.05, 4.69) is 24.1 Å². The zero-order valence-corrected chi connectivity index (χ0v) is 11.5. The molecule has 0 radical (unpaired) electrons. The molecule has 0 bridgehead atoms. The maximum absolute atomic E-state index is 6.04. The zero-order valence-electron chi connectivity index (χ0n) is 11.5. The lowest BCUT2D eigenvalue weighted by molar-refractivity contribution is 0.00177. The van der Waals surface area contributed by atoms with E-state index in [1.54, 1.807) is 0 Å². The lowest BCUT2D eigenvalue weighted by Crippen LogP contribution is -2.45. The average Bonchev–Trinajstić information content (AvgIpc) is 2.29. The molecule has 0 saturated carbocycles. The van der Waals surface area contributed by atoms with Crippen LogP contribution in [0.25, 0.3) is 0 Å². The van der Waals surface area contributed by atoms with Gasteiger partial charge >= 0.3 is 0 Å². The Labute approximate surface area is 106 Å². The summed E-state index contributed by atoms with van der Waals surface area (Å²) in [6, 6.07) is 1.22. The van der Waals surface area contributed by atoms with Crippen LogP contribution in [0.4, 0.5) is 0 Å². The molecule has 2 unspecified atom stereocenters. The first-order valence-corrected chi connectivity index (χ1v) is 7.34. The standard InChI is InChI=1S/C14H28N2O/c1-12-10-14(11-13(2)15-12)17-9-8-16-6-4-3-5-7-16/h12-15H,3-11H2,1-2H3. The highest BCUT2D eigenvalue weighted by Crippen LogP contribution is 2.16. The van der Waals surface area contributed by atoms with E-state index in [1.807, 2.05) is 0 Å². The Morgan fingerprint density at radius 2 is 1.71 bits per heavy atom. The molecule has 2 atom stereocenters. The van der Waals surface area contributed by atoms with E-state index in [0.717, 1.165) is 13.2 Å². The van der Waals surface area contributed by atoms with Crippen LogP contribution in [0.2, 0.25) is 0 Å². The van der Waals surface area contributed by atoms with Crippen LogP contribution in [0, 0.1) is 0 Å². The van der Waals surface area contributed by atoms with Crippen molar-refractivity contribution in [2.45, 2.75) is 64.1 Å². The summed E-state index contributed by atoms with van der Waals surface area (Å²) >= 11 is 0. The number of hydrogen-bond acceptors (Lipinski definition) is 3. The van der Waals surface area contributed by atoms with Crippen molar-refractivity contribution in [3.63, 3.8) is 0 Å². The predicted molar refractivity (Wildman–Crippen MR) is 71.3 cm³/mol. The molecule has 2 saturated heterocycles. The van der Waals surface area contributed by atoms with Crippen LogP contribution in [0.5, 0.6) is 0 Å². The number of likely N-dealkylation sites (tertiary alicyclic amines) is 1. The van der Waals surface area contributed by atoms with Crippen LogP contribution < -0.4 is 5.32 Å². The molecule has 100 valence electrons. The van der Waals surface area contributed by atoms with E-state index in [9.17, 15) is 0 Å². The van der Waals surface area contributed by atoms with Crippen molar-refractivity contribution in [3.05, 3.63) is 0 Å². The second kappa shape index (κ2) is 6.72. The fraction of sp³-hybridized carbons (Fsp3) is 1.00. The van der Waals surface area contributed by atoms with E-state index in [1.165, 1.54) is 45.2 Å². The van der Waals surface area contributed by atoms with E-state index >= 15 is 0 Å². The molecule has 0 aromatic heterocycles. The molecule has 2 aliphatic heterocycles. The molecule has 2 aliphatic rings. The Hall–Kier alpha value is -0.120. The number of hydrogen-bond donors (Lipinski definition) is 1. The summed E-state index contributed by atoms with van der Waals surface area (Å²) in [5.41, 5.74) is 0. The minimum atomic E-state index is 0.478. The van der Waals surface area contributed by atoms with Gasteiger partial charge in [0, 0.05) is 18.6 Å². The maximum atomic E-state index is 6.04. The second-order valence-electron chi connectivity index (χ2n) is 5.84. The quantitative estimate of drug-likeness (QED) is 0.813. The normalized spacial score (nSPS) is 36.0. The van der Waals surface area contributed by atoms with Gasteiger partial charge in [-0.15, -0.1) is 0 Å². The molecule has 17 heavy (non-hydrogen) atoms. The van der Waals surface area contributed by atoms with Crippen molar-refractivity contribution >= 4 is 0 Å². The van der Waals surface area contributed by atoms with Crippen LogP contribution in [-0.2, 0) is 4.74 Å². The molecule has 0 spiro atoms. The first-order valence-electron chi connectivity index (χ1n) is 7.34. The monoisotopic (exact) mass is 240 g/mol. The van der Waals surface area contributed by atoms with Gasteiger partial charge in [0.05, 0.1) is 12.7 Å². The Balaban J connectivity index is 1.60. The number of piperidine rings is 2. The van der Waals surface area contributed by atoms with Gasteiger partial charge in [-0.3, -0.25) is 0 Å². The highest BCUT2D eigenvalue weighted by Gasteiger charge is 2.23. The predicted octanol–water partition coefficient (Wildman–Crippen LogP) is 2.02. The van der Waals surface area contributed by atoms with Crippen LogP contribution in [0.15, 0.2) is 0 Å². The lowest BCUT2D eigenvalue weighted by Gasteiger charge is -2.33. The molecule has 2 fully saturated rings. The van der Waals surface area contributed by atoms with Crippen molar-refractivity contribution in [1.29, 1.82) is 0 Å². The number of nitrogens with one attached hydrogen (secondary N) is 1. The molecule has 0 aromatic rings. The summed E-state index contributed by atoms with van der Waals surface area (Å²) in [6.07, 6.45) is 6.99. The first-order chi connectivity index (χ1) is 8.24. The number of ether oxygens (including phenoxy) is 1. The van der Waals surface area contributed by atoms with Gasteiger partial charge in [0.25, 0.3) is 0 Å². The van der Waals surface area contributed by atoms with Crippen LogP contribution in [0.1, 0.15) is 46.0 Å². The molecule has 0 aliphatic carbocycles. The van der Waals surface area contributed by atoms with Gasteiger partial charge in [0.15, 0.2) is 0 Å². The molecular formula is C14H28N2O. The maximum Gasteiger partial charge on any atom is 0.0605 e. The van der Waals surface area contributed by atoms with Gasteiger partial charge in [-0.1, -0.05) is 6.42 Å². The molecule has 1 N–H and O–H groups in total. The van der Waals surface area contributed by atoms with E-state index in [0.29, 0.717) is 18.2 Å². The highest BCUT2D eigenvalue weighted by molar-refractivity contribution is 4.81. The van der Waals surface area contributed by atoms with Crippen LogP contribution in [-0.4, -0.2) is 49.3 Å². The molecule has 2 heterocycles. The van der Waals surface area contributed by atoms with Crippen molar-refractivity contribution < 1.29 is 4.74 Å². The minimum Gasteiger partial charge on any atom is -0.377 e. The summed E-state index contributed by atoms with van der Waals surface area (Å²) in [6.45, 7) is 9.13.